The molecule has 0 spiro atoms. The van der Waals surface area contributed by atoms with Crippen LogP contribution in [0.2, 0.25) is 0 Å². The van der Waals surface area contributed by atoms with Gasteiger partial charge in [0.25, 0.3) is 5.88 Å². The first-order valence-corrected chi connectivity index (χ1v) is 13.2. The molecule has 0 aliphatic carbocycles. The fourth-order valence-electron chi connectivity index (χ4n) is 4.98. The number of amides is 1. The number of carbonyl (C=O) groups excluding carboxylic acids is 1. The van der Waals surface area contributed by atoms with Gasteiger partial charge in [-0.3, -0.25) is 4.90 Å². The maximum absolute atomic E-state index is 12.2. The number of benzene rings is 2. The van der Waals surface area contributed by atoms with Crippen molar-refractivity contribution in [1.29, 1.82) is 0 Å². The van der Waals surface area contributed by atoms with Gasteiger partial charge in [0.2, 0.25) is 0 Å². The molecule has 1 aromatic heterocycles. The van der Waals surface area contributed by atoms with Crippen LogP contribution >= 0.6 is 0 Å². The fraction of sp³-hybridized carbons (Fsp3) is 0.464. The van der Waals surface area contributed by atoms with E-state index in [1.54, 1.807) is 13.0 Å². The monoisotopic (exact) mass is 523 g/mol. The summed E-state index contributed by atoms with van der Waals surface area (Å²) in [7, 11) is 0. The van der Waals surface area contributed by atoms with Gasteiger partial charge in [-0.2, -0.15) is 0 Å². The van der Waals surface area contributed by atoms with Crippen LogP contribution in [-0.2, 0) is 6.54 Å². The highest BCUT2D eigenvalue weighted by atomic mass is 16.6. The molecule has 10 heteroatoms. The van der Waals surface area contributed by atoms with Crippen molar-refractivity contribution in [3.63, 3.8) is 0 Å². The standard InChI is InChI=1S/C28H37N5O5/c1-4-29-28(37)38-27-26(33(31-30-27)23-15-22(18(2)3)24(35)16-25(23)36)20-10-8-19(9-11-20)17-32-13-6-5-7-21(32)12-14-34/h8-11,15-16,18,21,34-36H,4-7,12-14,17H2,1-3H3,(H,29,37). The van der Waals surface area contributed by atoms with Crippen LogP contribution in [0.3, 0.4) is 0 Å². The summed E-state index contributed by atoms with van der Waals surface area (Å²) in [5.41, 5.74) is 3.17. The van der Waals surface area contributed by atoms with Gasteiger partial charge in [-0.1, -0.05) is 54.8 Å². The number of phenolic OH excluding ortho intramolecular Hbond substituents is 2. The summed E-state index contributed by atoms with van der Waals surface area (Å²) in [4.78, 5) is 14.7. The van der Waals surface area contributed by atoms with E-state index >= 15 is 0 Å². The van der Waals surface area contributed by atoms with Gasteiger partial charge < -0.3 is 25.4 Å². The Kier molecular flexibility index (Phi) is 8.85. The molecule has 0 radical (unpaired) electrons. The summed E-state index contributed by atoms with van der Waals surface area (Å²) >= 11 is 0. The zero-order chi connectivity index (χ0) is 27.2. The molecule has 1 fully saturated rings. The van der Waals surface area contributed by atoms with E-state index in [-0.39, 0.29) is 29.9 Å². The molecule has 1 amide bonds. The van der Waals surface area contributed by atoms with Crippen molar-refractivity contribution in [3.8, 4) is 34.3 Å². The second kappa shape index (κ2) is 12.3. The minimum absolute atomic E-state index is 0.00122. The summed E-state index contributed by atoms with van der Waals surface area (Å²) in [6.45, 7) is 8.03. The number of nitrogens with zero attached hydrogens (tertiary/aromatic N) is 4. The lowest BCUT2D eigenvalue weighted by Gasteiger charge is -2.35. The van der Waals surface area contributed by atoms with Gasteiger partial charge in [0.15, 0.2) is 0 Å². The lowest BCUT2D eigenvalue weighted by molar-refractivity contribution is 0.112. The Bertz CT molecular complexity index is 1240. The number of aromatic nitrogens is 3. The number of rotatable bonds is 9. The molecule has 0 saturated carbocycles. The van der Waals surface area contributed by atoms with Crippen LogP contribution in [-0.4, -0.2) is 67.0 Å². The Balaban J connectivity index is 1.71. The molecule has 2 aromatic carbocycles. The number of aliphatic hydroxyl groups excluding tert-OH is 1. The van der Waals surface area contributed by atoms with E-state index in [2.05, 4.69) is 20.5 Å². The number of ether oxygens (including phenoxy) is 1. The molecule has 0 bridgehead atoms. The van der Waals surface area contributed by atoms with Crippen LogP contribution in [0, 0.1) is 0 Å². The van der Waals surface area contributed by atoms with E-state index in [4.69, 9.17) is 4.74 Å². The molecule has 1 unspecified atom stereocenters. The van der Waals surface area contributed by atoms with Crippen LogP contribution in [0.25, 0.3) is 16.9 Å². The van der Waals surface area contributed by atoms with Crippen LogP contribution in [0.1, 0.15) is 63.5 Å². The minimum Gasteiger partial charge on any atom is -0.508 e. The zero-order valence-corrected chi connectivity index (χ0v) is 22.2. The van der Waals surface area contributed by atoms with Gasteiger partial charge in [0.05, 0.1) is 0 Å². The van der Waals surface area contributed by atoms with Crippen LogP contribution < -0.4 is 10.1 Å². The highest BCUT2D eigenvalue weighted by Gasteiger charge is 2.25. The first-order chi connectivity index (χ1) is 18.3. The number of carbonyl (C=O) groups is 1. The third-order valence-corrected chi connectivity index (χ3v) is 6.95. The first kappa shape index (κ1) is 27.4. The van der Waals surface area contributed by atoms with Gasteiger partial charge in [0, 0.05) is 37.4 Å². The Morgan fingerprint density at radius 2 is 1.92 bits per heavy atom. The maximum atomic E-state index is 12.2. The van der Waals surface area contributed by atoms with E-state index in [0.29, 0.717) is 35.1 Å². The van der Waals surface area contributed by atoms with E-state index in [0.717, 1.165) is 37.9 Å². The maximum Gasteiger partial charge on any atom is 0.414 e. The van der Waals surface area contributed by atoms with Crippen LogP contribution in [0.5, 0.6) is 17.4 Å². The molecular weight excluding hydrogens is 486 g/mol. The molecule has 10 nitrogen and oxygen atoms in total. The molecule has 204 valence electrons. The summed E-state index contributed by atoms with van der Waals surface area (Å²) < 4.78 is 6.89. The fourth-order valence-corrected chi connectivity index (χ4v) is 4.98. The van der Waals surface area contributed by atoms with Crippen molar-refractivity contribution in [2.45, 2.75) is 65.0 Å². The number of nitrogens with one attached hydrogen (secondary N) is 1. The van der Waals surface area contributed by atoms with Gasteiger partial charge >= 0.3 is 6.09 Å². The van der Waals surface area contributed by atoms with Crippen molar-refractivity contribution in [3.05, 3.63) is 47.5 Å². The highest BCUT2D eigenvalue weighted by molar-refractivity contribution is 5.75. The molecule has 1 aliphatic heterocycles. The summed E-state index contributed by atoms with van der Waals surface area (Å²) in [6.07, 6.45) is 3.56. The number of hydrogen-bond acceptors (Lipinski definition) is 8. The zero-order valence-electron chi connectivity index (χ0n) is 22.2. The molecule has 2 heterocycles. The van der Waals surface area contributed by atoms with Crippen LogP contribution in [0.15, 0.2) is 36.4 Å². The third kappa shape index (κ3) is 6.08. The van der Waals surface area contributed by atoms with Crippen molar-refractivity contribution in [2.75, 3.05) is 19.7 Å². The second-order valence-electron chi connectivity index (χ2n) is 9.96. The summed E-state index contributed by atoms with van der Waals surface area (Å²) in [6, 6.07) is 11.2. The van der Waals surface area contributed by atoms with Gasteiger partial charge in [0.1, 0.15) is 22.9 Å². The predicted octanol–water partition coefficient (Wildman–Crippen LogP) is 4.31. The highest BCUT2D eigenvalue weighted by Crippen LogP contribution is 2.38. The molecule has 3 aromatic rings. The van der Waals surface area contributed by atoms with Gasteiger partial charge in [-0.05, 0) is 55.8 Å². The SMILES string of the molecule is CCNC(=O)Oc1nnn(-c2cc(C(C)C)c(O)cc2O)c1-c1ccc(CN2CCCCC2CCO)cc1. The average molecular weight is 524 g/mol. The molecule has 38 heavy (non-hydrogen) atoms. The molecule has 1 aliphatic rings. The van der Waals surface area contributed by atoms with E-state index in [1.807, 2.05) is 38.1 Å². The molecule has 4 rings (SSSR count). The third-order valence-electron chi connectivity index (χ3n) is 6.95. The predicted molar refractivity (Wildman–Crippen MR) is 144 cm³/mol. The van der Waals surface area contributed by atoms with Crippen molar-refractivity contribution < 1.29 is 24.9 Å². The number of piperidine rings is 1. The number of aromatic hydroxyl groups is 2. The van der Waals surface area contributed by atoms with Crippen molar-refractivity contribution in [1.82, 2.24) is 25.2 Å². The summed E-state index contributed by atoms with van der Waals surface area (Å²) in [5, 5.41) is 41.4. The molecule has 4 N–H and O–H groups in total. The van der Waals surface area contributed by atoms with E-state index in [1.165, 1.54) is 17.2 Å². The van der Waals surface area contributed by atoms with E-state index in [9.17, 15) is 20.1 Å². The molecular formula is C28H37N5O5. The number of hydrogen-bond donors (Lipinski definition) is 4. The Morgan fingerprint density at radius 1 is 1.16 bits per heavy atom. The lowest BCUT2D eigenvalue weighted by Crippen LogP contribution is -2.39. The van der Waals surface area contributed by atoms with E-state index < -0.39 is 6.09 Å². The summed E-state index contributed by atoms with van der Waals surface area (Å²) in [5.74, 6) is -0.194. The minimum atomic E-state index is -0.657. The normalized spacial score (nSPS) is 16.1. The van der Waals surface area contributed by atoms with Crippen molar-refractivity contribution in [2.24, 2.45) is 0 Å². The Morgan fingerprint density at radius 3 is 2.61 bits per heavy atom. The number of aliphatic hydroxyl groups is 1. The van der Waals surface area contributed by atoms with Crippen molar-refractivity contribution >= 4 is 6.09 Å². The van der Waals surface area contributed by atoms with Gasteiger partial charge in [-0.25, -0.2) is 9.48 Å². The molecule has 1 atom stereocenters. The quantitative estimate of drug-likeness (QED) is 0.326. The number of phenols is 2. The Labute approximate surface area is 222 Å². The lowest BCUT2D eigenvalue weighted by atomic mass is 9.98. The van der Waals surface area contributed by atoms with Crippen LogP contribution in [0.4, 0.5) is 4.79 Å². The van der Waals surface area contributed by atoms with Gasteiger partial charge in [-0.15, -0.1) is 0 Å². The largest absolute Gasteiger partial charge is 0.508 e. The topological polar surface area (TPSA) is 133 Å². The first-order valence-electron chi connectivity index (χ1n) is 13.2. The Hall–Kier alpha value is -3.63. The average Bonchev–Trinajstić information content (AvgIpc) is 3.28. The molecule has 1 saturated heterocycles. The number of likely N-dealkylation sites (tertiary alicyclic amines) is 1. The second-order valence-corrected chi connectivity index (χ2v) is 9.96. The smallest absolute Gasteiger partial charge is 0.414 e.